The van der Waals surface area contributed by atoms with Crippen LogP contribution in [-0.4, -0.2) is 37.1 Å². The molecule has 1 aliphatic carbocycles. The molecule has 3 nitrogen and oxygen atoms in total. The zero-order valence-corrected chi connectivity index (χ0v) is 10.00. The number of nitrogens with zero attached hydrogens (tertiary/aromatic N) is 2. The van der Waals surface area contributed by atoms with E-state index < -0.39 is 0 Å². The van der Waals surface area contributed by atoms with Gasteiger partial charge in [-0.05, 0) is 39.3 Å². The van der Waals surface area contributed by atoms with E-state index in [2.05, 4.69) is 30.3 Å². The molecule has 0 saturated heterocycles. The topological polar surface area (TPSA) is 39.1 Å². The van der Waals surface area contributed by atoms with E-state index in [0.29, 0.717) is 12.5 Å². The molecule has 86 valence electrons. The first-order chi connectivity index (χ1) is 7.31. The average molecular weight is 209 g/mol. The molecule has 1 fully saturated rings. The summed E-state index contributed by atoms with van der Waals surface area (Å²) in [4.78, 5) is 2.47. The Balaban J connectivity index is 2.33. The van der Waals surface area contributed by atoms with E-state index in [9.17, 15) is 0 Å². The highest BCUT2D eigenvalue weighted by molar-refractivity contribution is 4.83. The molecular weight excluding hydrogens is 186 g/mol. The van der Waals surface area contributed by atoms with Crippen LogP contribution < -0.4 is 5.32 Å². The lowest BCUT2D eigenvalue weighted by molar-refractivity contribution is 0.154. The van der Waals surface area contributed by atoms with E-state index in [4.69, 9.17) is 5.26 Å². The molecule has 1 aliphatic rings. The quantitative estimate of drug-likeness (QED) is 0.750. The molecule has 0 aromatic heterocycles. The van der Waals surface area contributed by atoms with Gasteiger partial charge >= 0.3 is 0 Å². The van der Waals surface area contributed by atoms with Crippen LogP contribution in [0.5, 0.6) is 0 Å². The Kier molecular flexibility index (Phi) is 5.67. The largest absolute Gasteiger partial charge is 0.317 e. The average Bonchev–Trinajstić information content (AvgIpc) is 2.31. The van der Waals surface area contributed by atoms with Crippen LogP contribution in [0.2, 0.25) is 0 Å². The van der Waals surface area contributed by atoms with Crippen LogP contribution in [0.3, 0.4) is 0 Å². The minimum Gasteiger partial charge on any atom is -0.317 e. The first kappa shape index (κ1) is 12.5. The third kappa shape index (κ3) is 3.81. The summed E-state index contributed by atoms with van der Waals surface area (Å²) in [5.41, 5.74) is 0. The molecule has 0 aromatic carbocycles. The van der Waals surface area contributed by atoms with Crippen molar-refractivity contribution in [3.05, 3.63) is 0 Å². The van der Waals surface area contributed by atoms with Crippen LogP contribution in [0.15, 0.2) is 0 Å². The van der Waals surface area contributed by atoms with Gasteiger partial charge < -0.3 is 5.32 Å². The highest BCUT2D eigenvalue weighted by atomic mass is 15.1. The van der Waals surface area contributed by atoms with Gasteiger partial charge in [-0.3, -0.25) is 4.90 Å². The Hall–Kier alpha value is -0.590. The second-order valence-corrected chi connectivity index (χ2v) is 4.33. The molecule has 1 rings (SSSR count). The van der Waals surface area contributed by atoms with Gasteiger partial charge in [-0.15, -0.1) is 0 Å². The van der Waals surface area contributed by atoms with Gasteiger partial charge in [0.15, 0.2) is 0 Å². The van der Waals surface area contributed by atoms with Crippen molar-refractivity contribution in [2.24, 2.45) is 0 Å². The number of rotatable bonds is 5. The molecule has 0 amide bonds. The molecule has 0 bridgehead atoms. The zero-order valence-electron chi connectivity index (χ0n) is 10.00. The van der Waals surface area contributed by atoms with Gasteiger partial charge in [0.2, 0.25) is 0 Å². The second kappa shape index (κ2) is 6.81. The van der Waals surface area contributed by atoms with Gasteiger partial charge in [0.1, 0.15) is 0 Å². The third-order valence-electron chi connectivity index (χ3n) is 3.54. The fourth-order valence-corrected chi connectivity index (χ4v) is 2.52. The van der Waals surface area contributed by atoms with Gasteiger partial charge in [-0.25, -0.2) is 0 Å². The van der Waals surface area contributed by atoms with Crippen LogP contribution >= 0.6 is 0 Å². The van der Waals surface area contributed by atoms with E-state index in [1.807, 2.05) is 0 Å². The summed E-state index contributed by atoms with van der Waals surface area (Å²) in [7, 11) is 2.05. The fraction of sp³-hybridized carbons (Fsp3) is 0.917. The van der Waals surface area contributed by atoms with Crippen molar-refractivity contribution in [3.63, 3.8) is 0 Å². The fourth-order valence-electron chi connectivity index (χ4n) is 2.52. The lowest BCUT2D eigenvalue weighted by Crippen LogP contribution is -2.41. The molecular formula is C12H23N3. The third-order valence-corrected chi connectivity index (χ3v) is 3.54. The second-order valence-electron chi connectivity index (χ2n) is 4.33. The number of nitrogens with one attached hydrogen (secondary N) is 1. The standard InChI is InChI=1S/C12H23N3/c1-3-15(10-4-9-13)12-7-5-11(14-2)6-8-12/h11-12,14H,3-8,10H2,1-2H3. The first-order valence-corrected chi connectivity index (χ1v) is 6.10. The Morgan fingerprint density at radius 1 is 1.33 bits per heavy atom. The first-order valence-electron chi connectivity index (χ1n) is 6.10. The van der Waals surface area contributed by atoms with E-state index in [0.717, 1.165) is 19.1 Å². The molecule has 15 heavy (non-hydrogen) atoms. The summed E-state index contributed by atoms with van der Waals surface area (Å²) in [5.74, 6) is 0. The van der Waals surface area contributed by atoms with E-state index >= 15 is 0 Å². The van der Waals surface area contributed by atoms with Gasteiger partial charge in [0, 0.05) is 25.0 Å². The SMILES string of the molecule is CCN(CCC#N)C1CCC(NC)CC1. The minimum atomic E-state index is 0.666. The molecule has 0 unspecified atom stereocenters. The molecule has 0 radical (unpaired) electrons. The van der Waals surface area contributed by atoms with Crippen LogP contribution in [-0.2, 0) is 0 Å². The van der Waals surface area contributed by atoms with Crippen LogP contribution in [0, 0.1) is 11.3 Å². The number of hydrogen-bond acceptors (Lipinski definition) is 3. The normalized spacial score (nSPS) is 26.5. The number of hydrogen-bond donors (Lipinski definition) is 1. The summed E-state index contributed by atoms with van der Waals surface area (Å²) in [6, 6.07) is 3.67. The molecule has 0 atom stereocenters. The van der Waals surface area contributed by atoms with Gasteiger partial charge in [0.05, 0.1) is 6.07 Å². The van der Waals surface area contributed by atoms with Gasteiger partial charge in [-0.1, -0.05) is 6.92 Å². The number of nitriles is 1. The Labute approximate surface area is 93.5 Å². The van der Waals surface area contributed by atoms with Gasteiger partial charge in [-0.2, -0.15) is 5.26 Å². The predicted molar refractivity (Wildman–Crippen MR) is 62.6 cm³/mol. The molecule has 0 aliphatic heterocycles. The summed E-state index contributed by atoms with van der Waals surface area (Å²) < 4.78 is 0. The summed E-state index contributed by atoms with van der Waals surface area (Å²) >= 11 is 0. The maximum Gasteiger partial charge on any atom is 0.0635 e. The van der Waals surface area contributed by atoms with Crippen molar-refractivity contribution in [1.82, 2.24) is 10.2 Å². The molecule has 1 saturated carbocycles. The highest BCUT2D eigenvalue weighted by Gasteiger charge is 2.23. The van der Waals surface area contributed by atoms with E-state index in [-0.39, 0.29) is 0 Å². The smallest absolute Gasteiger partial charge is 0.0635 e. The maximum atomic E-state index is 8.60. The Bertz CT molecular complexity index is 201. The lowest BCUT2D eigenvalue weighted by atomic mass is 9.90. The lowest BCUT2D eigenvalue weighted by Gasteiger charge is -2.36. The Morgan fingerprint density at radius 2 is 2.00 bits per heavy atom. The van der Waals surface area contributed by atoms with E-state index in [1.54, 1.807) is 0 Å². The van der Waals surface area contributed by atoms with Crippen molar-refractivity contribution in [2.75, 3.05) is 20.1 Å². The summed E-state index contributed by atoms with van der Waals surface area (Å²) in [6.45, 7) is 4.22. The van der Waals surface area contributed by atoms with Crippen LogP contribution in [0.4, 0.5) is 0 Å². The minimum absolute atomic E-state index is 0.666. The molecule has 0 spiro atoms. The zero-order chi connectivity index (χ0) is 11.1. The van der Waals surface area contributed by atoms with Crippen molar-refractivity contribution in [3.8, 4) is 6.07 Å². The van der Waals surface area contributed by atoms with Gasteiger partial charge in [0.25, 0.3) is 0 Å². The molecule has 0 aromatic rings. The molecule has 0 heterocycles. The highest BCUT2D eigenvalue weighted by Crippen LogP contribution is 2.22. The maximum absolute atomic E-state index is 8.60. The van der Waals surface area contributed by atoms with Crippen molar-refractivity contribution >= 4 is 0 Å². The molecule has 1 N–H and O–H groups in total. The van der Waals surface area contributed by atoms with Crippen molar-refractivity contribution < 1.29 is 0 Å². The summed E-state index contributed by atoms with van der Waals surface area (Å²) in [5, 5.41) is 12.0. The van der Waals surface area contributed by atoms with E-state index in [1.165, 1.54) is 25.7 Å². The van der Waals surface area contributed by atoms with Crippen LogP contribution in [0.25, 0.3) is 0 Å². The van der Waals surface area contributed by atoms with Crippen molar-refractivity contribution in [1.29, 1.82) is 5.26 Å². The monoisotopic (exact) mass is 209 g/mol. The van der Waals surface area contributed by atoms with Crippen LogP contribution in [0.1, 0.15) is 39.0 Å². The van der Waals surface area contributed by atoms with Crippen molar-refractivity contribution in [2.45, 2.75) is 51.1 Å². The molecule has 3 heteroatoms. The summed E-state index contributed by atoms with van der Waals surface area (Å²) in [6.07, 6.45) is 5.80. The Morgan fingerprint density at radius 3 is 2.47 bits per heavy atom. The predicted octanol–water partition coefficient (Wildman–Crippen LogP) is 1.75.